The SMILES string of the molecule is Cc1ccc(-c2n[nH]c(C)c2NC(=O)Cc2ccccc2)o1. The summed E-state index contributed by atoms with van der Waals surface area (Å²) < 4.78 is 5.59. The highest BCUT2D eigenvalue weighted by Gasteiger charge is 2.17. The first-order chi connectivity index (χ1) is 10.6. The number of aromatic amines is 1. The molecule has 0 aliphatic heterocycles. The minimum Gasteiger partial charge on any atom is -0.460 e. The Morgan fingerprint density at radius 2 is 1.95 bits per heavy atom. The standard InChI is InChI=1S/C17H17N3O2/c1-11-8-9-14(22-11)17-16(12(2)19-20-17)18-15(21)10-13-6-4-3-5-7-13/h3-9H,10H2,1-2H3,(H,18,21)(H,19,20). The van der Waals surface area contributed by atoms with E-state index in [2.05, 4.69) is 15.5 Å². The molecule has 0 bridgehead atoms. The Hall–Kier alpha value is -2.82. The highest BCUT2D eigenvalue weighted by molar-refractivity contribution is 5.96. The van der Waals surface area contributed by atoms with Gasteiger partial charge in [-0.15, -0.1) is 0 Å². The normalized spacial score (nSPS) is 10.6. The minimum absolute atomic E-state index is 0.0831. The van der Waals surface area contributed by atoms with Crippen LogP contribution in [0.15, 0.2) is 46.9 Å². The molecule has 0 unspecified atom stereocenters. The van der Waals surface area contributed by atoms with E-state index >= 15 is 0 Å². The summed E-state index contributed by atoms with van der Waals surface area (Å²) in [7, 11) is 0. The molecule has 1 aromatic carbocycles. The van der Waals surface area contributed by atoms with E-state index < -0.39 is 0 Å². The molecule has 5 heteroatoms. The van der Waals surface area contributed by atoms with Gasteiger partial charge in [0.2, 0.25) is 5.91 Å². The summed E-state index contributed by atoms with van der Waals surface area (Å²) in [5, 5.41) is 10.0. The number of carbonyl (C=O) groups is 1. The molecule has 2 heterocycles. The molecule has 5 nitrogen and oxygen atoms in total. The van der Waals surface area contributed by atoms with Gasteiger partial charge in [0, 0.05) is 0 Å². The lowest BCUT2D eigenvalue weighted by Crippen LogP contribution is -2.15. The molecule has 0 fully saturated rings. The van der Waals surface area contributed by atoms with Gasteiger partial charge in [-0.2, -0.15) is 5.10 Å². The van der Waals surface area contributed by atoms with Crippen molar-refractivity contribution in [1.82, 2.24) is 10.2 Å². The number of H-pyrrole nitrogens is 1. The molecule has 22 heavy (non-hydrogen) atoms. The lowest BCUT2D eigenvalue weighted by Gasteiger charge is -2.06. The first-order valence-electron chi connectivity index (χ1n) is 7.09. The van der Waals surface area contributed by atoms with Crippen LogP contribution in [0.1, 0.15) is 17.0 Å². The monoisotopic (exact) mass is 295 g/mol. The Morgan fingerprint density at radius 1 is 1.18 bits per heavy atom. The Morgan fingerprint density at radius 3 is 2.64 bits per heavy atom. The fraction of sp³-hybridized carbons (Fsp3) is 0.176. The van der Waals surface area contributed by atoms with Crippen LogP contribution in [0.2, 0.25) is 0 Å². The molecule has 1 amide bonds. The van der Waals surface area contributed by atoms with Crippen LogP contribution in [0, 0.1) is 13.8 Å². The zero-order valence-corrected chi connectivity index (χ0v) is 12.5. The molecule has 112 valence electrons. The third-order valence-electron chi connectivity index (χ3n) is 3.39. The number of aryl methyl sites for hydroxylation is 2. The topological polar surface area (TPSA) is 70.9 Å². The maximum absolute atomic E-state index is 12.2. The molecule has 0 aliphatic rings. The molecule has 2 N–H and O–H groups in total. The molecule has 0 spiro atoms. The van der Waals surface area contributed by atoms with E-state index in [0.29, 0.717) is 23.6 Å². The third-order valence-corrected chi connectivity index (χ3v) is 3.39. The van der Waals surface area contributed by atoms with Crippen LogP contribution in [-0.2, 0) is 11.2 Å². The summed E-state index contributed by atoms with van der Waals surface area (Å²) in [4.78, 5) is 12.2. The summed E-state index contributed by atoms with van der Waals surface area (Å²) >= 11 is 0. The number of rotatable bonds is 4. The van der Waals surface area contributed by atoms with Crippen molar-refractivity contribution in [3.63, 3.8) is 0 Å². The van der Waals surface area contributed by atoms with Crippen molar-refractivity contribution in [3.8, 4) is 11.5 Å². The number of nitrogens with zero attached hydrogens (tertiary/aromatic N) is 1. The van der Waals surface area contributed by atoms with Crippen molar-refractivity contribution in [2.24, 2.45) is 0 Å². The third kappa shape index (κ3) is 2.93. The predicted molar refractivity (Wildman–Crippen MR) is 84.5 cm³/mol. The van der Waals surface area contributed by atoms with Crippen LogP contribution in [0.3, 0.4) is 0 Å². The van der Waals surface area contributed by atoms with Crippen molar-refractivity contribution in [1.29, 1.82) is 0 Å². The first-order valence-corrected chi connectivity index (χ1v) is 7.09. The van der Waals surface area contributed by atoms with Crippen LogP contribution < -0.4 is 5.32 Å². The lowest BCUT2D eigenvalue weighted by atomic mass is 10.1. The Labute approximate surface area is 128 Å². The van der Waals surface area contributed by atoms with Gasteiger partial charge < -0.3 is 9.73 Å². The fourth-order valence-electron chi connectivity index (χ4n) is 2.29. The van der Waals surface area contributed by atoms with Crippen molar-refractivity contribution in [2.45, 2.75) is 20.3 Å². The molecule has 0 saturated heterocycles. The van der Waals surface area contributed by atoms with Crippen molar-refractivity contribution in [3.05, 3.63) is 59.5 Å². The lowest BCUT2D eigenvalue weighted by molar-refractivity contribution is -0.115. The van der Waals surface area contributed by atoms with Gasteiger partial charge in [0.15, 0.2) is 11.5 Å². The van der Waals surface area contributed by atoms with Crippen molar-refractivity contribution < 1.29 is 9.21 Å². The highest BCUT2D eigenvalue weighted by Crippen LogP contribution is 2.29. The van der Waals surface area contributed by atoms with E-state index in [0.717, 1.165) is 17.0 Å². The largest absolute Gasteiger partial charge is 0.460 e. The van der Waals surface area contributed by atoms with Gasteiger partial charge in [0.1, 0.15) is 5.76 Å². The van der Waals surface area contributed by atoms with Crippen molar-refractivity contribution in [2.75, 3.05) is 5.32 Å². The molecule has 0 radical (unpaired) electrons. The number of aromatic nitrogens is 2. The van der Waals surface area contributed by atoms with Gasteiger partial charge in [-0.1, -0.05) is 30.3 Å². The van der Waals surface area contributed by atoms with E-state index in [1.165, 1.54) is 0 Å². The number of hydrogen-bond acceptors (Lipinski definition) is 3. The molecule has 0 aliphatic carbocycles. The quantitative estimate of drug-likeness (QED) is 0.774. The first kappa shape index (κ1) is 14.1. The molecule has 0 saturated carbocycles. The van der Waals surface area contributed by atoms with Gasteiger partial charge in [0.25, 0.3) is 0 Å². The number of nitrogens with one attached hydrogen (secondary N) is 2. The number of carbonyl (C=O) groups excluding carboxylic acids is 1. The molecule has 2 aromatic heterocycles. The summed E-state index contributed by atoms with van der Waals surface area (Å²) in [5.74, 6) is 1.36. The van der Waals surface area contributed by atoms with E-state index in [1.807, 2.05) is 56.3 Å². The summed E-state index contributed by atoms with van der Waals surface area (Å²) in [6.45, 7) is 3.74. The summed E-state index contributed by atoms with van der Waals surface area (Å²) in [5.41, 5.74) is 3.05. The zero-order chi connectivity index (χ0) is 15.5. The predicted octanol–water partition coefficient (Wildman–Crippen LogP) is 3.47. The second kappa shape index (κ2) is 5.89. The number of furan rings is 1. The number of anilines is 1. The second-order valence-electron chi connectivity index (χ2n) is 5.19. The molecule has 0 atom stereocenters. The van der Waals surface area contributed by atoms with E-state index in [4.69, 9.17) is 4.42 Å². The maximum Gasteiger partial charge on any atom is 0.228 e. The van der Waals surface area contributed by atoms with Gasteiger partial charge in [0.05, 0.1) is 17.8 Å². The Balaban J connectivity index is 1.80. The Bertz CT molecular complexity index is 787. The average molecular weight is 295 g/mol. The van der Waals surface area contributed by atoms with E-state index in [-0.39, 0.29) is 5.91 Å². The van der Waals surface area contributed by atoms with Gasteiger partial charge in [-0.25, -0.2) is 0 Å². The summed E-state index contributed by atoms with van der Waals surface area (Å²) in [6, 6.07) is 13.3. The van der Waals surface area contributed by atoms with E-state index in [1.54, 1.807) is 0 Å². The van der Waals surface area contributed by atoms with Crippen molar-refractivity contribution >= 4 is 11.6 Å². The van der Waals surface area contributed by atoms with Crippen LogP contribution in [-0.4, -0.2) is 16.1 Å². The minimum atomic E-state index is -0.0831. The number of amides is 1. The molecule has 3 aromatic rings. The highest BCUT2D eigenvalue weighted by atomic mass is 16.3. The number of benzene rings is 1. The van der Waals surface area contributed by atoms with Gasteiger partial charge in [-0.05, 0) is 31.5 Å². The van der Waals surface area contributed by atoms with Gasteiger partial charge >= 0.3 is 0 Å². The smallest absolute Gasteiger partial charge is 0.228 e. The molecular weight excluding hydrogens is 278 g/mol. The van der Waals surface area contributed by atoms with Gasteiger partial charge in [-0.3, -0.25) is 9.89 Å². The maximum atomic E-state index is 12.2. The van der Waals surface area contributed by atoms with Crippen LogP contribution >= 0.6 is 0 Å². The second-order valence-corrected chi connectivity index (χ2v) is 5.19. The zero-order valence-electron chi connectivity index (χ0n) is 12.5. The average Bonchev–Trinajstić information content (AvgIpc) is 3.07. The Kier molecular flexibility index (Phi) is 3.78. The fourth-order valence-corrected chi connectivity index (χ4v) is 2.29. The molecular formula is C17H17N3O2. The van der Waals surface area contributed by atoms with Crippen LogP contribution in [0.5, 0.6) is 0 Å². The van der Waals surface area contributed by atoms with E-state index in [9.17, 15) is 4.79 Å². The summed E-state index contributed by atoms with van der Waals surface area (Å²) in [6.07, 6.45) is 0.322. The van der Waals surface area contributed by atoms with Crippen LogP contribution in [0.4, 0.5) is 5.69 Å². The van der Waals surface area contributed by atoms with Crippen LogP contribution in [0.25, 0.3) is 11.5 Å². The number of hydrogen-bond donors (Lipinski definition) is 2. The molecule has 3 rings (SSSR count).